The van der Waals surface area contributed by atoms with Crippen LogP contribution in [0.4, 0.5) is 14.5 Å². The van der Waals surface area contributed by atoms with E-state index in [0.717, 1.165) is 5.56 Å². The molecule has 0 aromatic heterocycles. The van der Waals surface area contributed by atoms with Gasteiger partial charge in [0.2, 0.25) is 11.8 Å². The molecule has 4 nitrogen and oxygen atoms in total. The van der Waals surface area contributed by atoms with Gasteiger partial charge in [0.25, 0.3) is 0 Å². The van der Waals surface area contributed by atoms with E-state index in [1.165, 1.54) is 47.4 Å². The first-order valence-corrected chi connectivity index (χ1v) is 9.19. The van der Waals surface area contributed by atoms with Gasteiger partial charge in [-0.1, -0.05) is 42.5 Å². The van der Waals surface area contributed by atoms with Crippen LogP contribution < -0.4 is 5.32 Å². The first kappa shape index (κ1) is 18.8. The van der Waals surface area contributed by atoms with Gasteiger partial charge in [0.05, 0.1) is 12.5 Å². The Balaban J connectivity index is 1.78. The van der Waals surface area contributed by atoms with E-state index in [1.54, 1.807) is 0 Å². The summed E-state index contributed by atoms with van der Waals surface area (Å²) >= 11 is 0. The molecule has 146 valence electrons. The molecule has 2 amide bonds. The number of amides is 2. The topological polar surface area (TPSA) is 49.4 Å². The third-order valence-corrected chi connectivity index (χ3v) is 4.91. The molecule has 1 atom stereocenters. The number of nitrogens with zero attached hydrogens (tertiary/aromatic N) is 1. The number of hydrogen-bond donors (Lipinski definition) is 1. The van der Waals surface area contributed by atoms with E-state index in [0.29, 0.717) is 16.8 Å². The summed E-state index contributed by atoms with van der Waals surface area (Å²) < 4.78 is 27.3. The van der Waals surface area contributed by atoms with Crippen LogP contribution in [0, 0.1) is 11.6 Å². The quantitative estimate of drug-likeness (QED) is 0.730. The Bertz CT molecular complexity index is 1050. The van der Waals surface area contributed by atoms with E-state index in [2.05, 4.69) is 5.32 Å². The average Bonchev–Trinajstić information content (AvgIpc) is 2.86. The van der Waals surface area contributed by atoms with Gasteiger partial charge in [0.15, 0.2) is 0 Å². The number of carbonyl (C=O) groups is 2. The highest BCUT2D eigenvalue weighted by atomic mass is 19.1. The van der Waals surface area contributed by atoms with E-state index in [-0.39, 0.29) is 30.6 Å². The van der Waals surface area contributed by atoms with Gasteiger partial charge in [-0.2, -0.15) is 0 Å². The summed E-state index contributed by atoms with van der Waals surface area (Å²) in [6, 6.07) is 18.3. The summed E-state index contributed by atoms with van der Waals surface area (Å²) in [5.41, 5.74) is 2.38. The maximum absolute atomic E-state index is 14.1. The van der Waals surface area contributed by atoms with Gasteiger partial charge < -0.3 is 10.2 Å². The van der Waals surface area contributed by atoms with Crippen molar-refractivity contribution in [2.45, 2.75) is 12.5 Å². The van der Waals surface area contributed by atoms with Crippen LogP contribution in [0.15, 0.2) is 72.8 Å². The average molecular weight is 392 g/mol. The van der Waals surface area contributed by atoms with Crippen molar-refractivity contribution in [3.8, 4) is 0 Å². The smallest absolute Gasteiger partial charge is 0.244 e. The molecule has 1 aliphatic rings. The summed E-state index contributed by atoms with van der Waals surface area (Å²) in [7, 11) is 0. The van der Waals surface area contributed by atoms with Crippen molar-refractivity contribution in [3.05, 3.63) is 101 Å². The Morgan fingerprint density at radius 1 is 0.966 bits per heavy atom. The third kappa shape index (κ3) is 4.01. The number of fused-ring (bicyclic) bond motifs is 1. The SMILES string of the molecule is O=C1CN(C(=O)Cc2ccc(F)cc2)[C@@H](c2ccccc2)c2cc(F)ccc2N1. The number of nitrogens with one attached hydrogen (secondary N) is 1. The van der Waals surface area contributed by atoms with Crippen LogP contribution in [-0.2, 0) is 16.0 Å². The first-order valence-electron chi connectivity index (χ1n) is 9.19. The second-order valence-electron chi connectivity index (χ2n) is 6.92. The minimum Gasteiger partial charge on any atom is -0.324 e. The van der Waals surface area contributed by atoms with Crippen molar-refractivity contribution in [1.29, 1.82) is 0 Å². The maximum Gasteiger partial charge on any atom is 0.244 e. The molecule has 0 bridgehead atoms. The van der Waals surface area contributed by atoms with Gasteiger partial charge in [-0.25, -0.2) is 8.78 Å². The fourth-order valence-electron chi connectivity index (χ4n) is 3.58. The van der Waals surface area contributed by atoms with Gasteiger partial charge >= 0.3 is 0 Å². The highest BCUT2D eigenvalue weighted by Gasteiger charge is 2.33. The maximum atomic E-state index is 14.1. The van der Waals surface area contributed by atoms with Crippen LogP contribution in [0.2, 0.25) is 0 Å². The lowest BCUT2D eigenvalue weighted by Crippen LogP contribution is -2.39. The highest BCUT2D eigenvalue weighted by molar-refractivity contribution is 5.97. The molecule has 29 heavy (non-hydrogen) atoms. The Hall–Kier alpha value is -3.54. The molecule has 0 saturated heterocycles. The van der Waals surface area contributed by atoms with E-state index >= 15 is 0 Å². The van der Waals surface area contributed by atoms with Crippen LogP contribution in [0.1, 0.15) is 22.7 Å². The lowest BCUT2D eigenvalue weighted by molar-refractivity contribution is -0.135. The summed E-state index contributed by atoms with van der Waals surface area (Å²) in [4.78, 5) is 27.1. The Morgan fingerprint density at radius 2 is 1.66 bits per heavy atom. The Kier molecular flexibility index (Phi) is 5.08. The molecule has 0 unspecified atom stereocenters. The molecule has 4 rings (SSSR count). The second kappa shape index (κ2) is 7.83. The number of rotatable bonds is 3. The zero-order valence-electron chi connectivity index (χ0n) is 15.4. The van der Waals surface area contributed by atoms with Crippen LogP contribution >= 0.6 is 0 Å². The molecule has 1 aliphatic heterocycles. The molecular formula is C23H18F2N2O2. The summed E-state index contributed by atoms with van der Waals surface area (Å²) in [6.45, 7) is -0.171. The third-order valence-electron chi connectivity index (χ3n) is 4.91. The van der Waals surface area contributed by atoms with Crippen molar-refractivity contribution >= 4 is 17.5 Å². The molecule has 3 aromatic rings. The molecule has 0 aliphatic carbocycles. The van der Waals surface area contributed by atoms with Crippen molar-refractivity contribution in [2.24, 2.45) is 0 Å². The monoisotopic (exact) mass is 392 g/mol. The van der Waals surface area contributed by atoms with Crippen LogP contribution in [-0.4, -0.2) is 23.3 Å². The number of carbonyl (C=O) groups excluding carboxylic acids is 2. The van der Waals surface area contributed by atoms with E-state index < -0.39 is 11.9 Å². The van der Waals surface area contributed by atoms with E-state index in [4.69, 9.17) is 0 Å². The molecular weight excluding hydrogens is 374 g/mol. The molecule has 0 saturated carbocycles. The fourth-order valence-corrected chi connectivity index (χ4v) is 3.58. The normalized spacial score (nSPS) is 16.0. The minimum atomic E-state index is -0.631. The zero-order valence-corrected chi connectivity index (χ0v) is 15.4. The van der Waals surface area contributed by atoms with Gasteiger partial charge in [-0.15, -0.1) is 0 Å². The molecule has 0 fully saturated rings. The lowest BCUT2D eigenvalue weighted by Gasteiger charge is -2.30. The molecule has 0 radical (unpaired) electrons. The van der Waals surface area contributed by atoms with Crippen LogP contribution in [0.5, 0.6) is 0 Å². The van der Waals surface area contributed by atoms with Crippen molar-refractivity contribution in [3.63, 3.8) is 0 Å². The van der Waals surface area contributed by atoms with Gasteiger partial charge in [-0.05, 0) is 41.5 Å². The van der Waals surface area contributed by atoms with Crippen molar-refractivity contribution in [2.75, 3.05) is 11.9 Å². The molecule has 1 N–H and O–H groups in total. The summed E-state index contributed by atoms with van der Waals surface area (Å²) in [6.07, 6.45) is 0.00153. The minimum absolute atomic E-state index is 0.00153. The molecule has 0 spiro atoms. The lowest BCUT2D eigenvalue weighted by atomic mass is 9.95. The predicted octanol–water partition coefficient (Wildman–Crippen LogP) is 4.08. The van der Waals surface area contributed by atoms with E-state index in [9.17, 15) is 18.4 Å². The van der Waals surface area contributed by atoms with Crippen LogP contribution in [0.3, 0.4) is 0 Å². The molecule has 6 heteroatoms. The second-order valence-corrected chi connectivity index (χ2v) is 6.92. The zero-order chi connectivity index (χ0) is 20.4. The first-order chi connectivity index (χ1) is 14.0. The van der Waals surface area contributed by atoms with Crippen molar-refractivity contribution < 1.29 is 18.4 Å². The number of hydrogen-bond acceptors (Lipinski definition) is 2. The van der Waals surface area contributed by atoms with Crippen LogP contribution in [0.25, 0.3) is 0 Å². The molecule has 1 heterocycles. The summed E-state index contributed by atoms with van der Waals surface area (Å²) in [5.74, 6) is -1.50. The standard InChI is InChI=1S/C23H18F2N2O2/c24-17-8-6-15(7-9-17)12-22(29)27-14-21(28)26-20-11-10-18(25)13-19(20)23(27)16-4-2-1-3-5-16/h1-11,13,23H,12,14H2,(H,26,28)/t23-/m0/s1. The van der Waals surface area contributed by atoms with Gasteiger partial charge in [0, 0.05) is 11.3 Å². The van der Waals surface area contributed by atoms with Gasteiger partial charge in [0.1, 0.15) is 18.2 Å². The van der Waals surface area contributed by atoms with Gasteiger partial charge in [-0.3, -0.25) is 9.59 Å². The Morgan fingerprint density at radius 3 is 2.38 bits per heavy atom. The fraction of sp³-hybridized carbons (Fsp3) is 0.130. The number of anilines is 1. The van der Waals surface area contributed by atoms with E-state index in [1.807, 2.05) is 30.3 Å². The largest absolute Gasteiger partial charge is 0.324 e. The van der Waals surface area contributed by atoms with Crippen molar-refractivity contribution in [1.82, 2.24) is 4.90 Å². The highest BCUT2D eigenvalue weighted by Crippen LogP contribution is 2.36. The number of halogens is 2. The Labute approximate surface area is 166 Å². The molecule has 3 aromatic carbocycles. The predicted molar refractivity (Wildman–Crippen MR) is 105 cm³/mol. The number of benzene rings is 3. The summed E-state index contributed by atoms with van der Waals surface area (Å²) in [5, 5.41) is 2.76.